The summed E-state index contributed by atoms with van der Waals surface area (Å²) < 4.78 is 11.7. The van der Waals surface area contributed by atoms with E-state index in [0.717, 1.165) is 32.7 Å². The van der Waals surface area contributed by atoms with Crippen LogP contribution in [0.25, 0.3) is 0 Å². The molecule has 2 atom stereocenters. The van der Waals surface area contributed by atoms with Gasteiger partial charge in [-0.3, -0.25) is 4.90 Å². The molecule has 2 aliphatic heterocycles. The number of likely N-dealkylation sites (tertiary alicyclic amines) is 1. The van der Waals surface area contributed by atoms with Gasteiger partial charge in [0.1, 0.15) is 0 Å². The van der Waals surface area contributed by atoms with Crippen LogP contribution in [-0.4, -0.2) is 49.6 Å². The molecule has 0 aromatic carbocycles. The second-order valence-corrected chi connectivity index (χ2v) is 5.68. The average molecular weight is 240 g/mol. The van der Waals surface area contributed by atoms with Crippen LogP contribution >= 0.6 is 0 Å². The summed E-state index contributed by atoms with van der Waals surface area (Å²) in [5, 5.41) is 0. The molecule has 0 bridgehead atoms. The predicted octanol–water partition coefficient (Wildman–Crippen LogP) is 0.953. The first kappa shape index (κ1) is 11.9. The van der Waals surface area contributed by atoms with E-state index in [2.05, 4.69) is 4.90 Å². The van der Waals surface area contributed by atoms with Gasteiger partial charge in [-0.15, -0.1) is 0 Å². The molecule has 2 N–H and O–H groups in total. The summed E-state index contributed by atoms with van der Waals surface area (Å²) in [6.45, 7) is 4.50. The number of piperidine rings is 1. The third kappa shape index (κ3) is 2.24. The molecular weight excluding hydrogens is 216 g/mol. The SMILES string of the molecule is NCC1CCCC1N1CCCC2(C1)OCCO2. The van der Waals surface area contributed by atoms with Crippen molar-refractivity contribution in [2.24, 2.45) is 11.7 Å². The molecule has 3 rings (SSSR count). The summed E-state index contributed by atoms with van der Waals surface area (Å²) in [5.74, 6) is 0.409. The first-order chi connectivity index (χ1) is 8.33. The minimum atomic E-state index is -0.278. The lowest BCUT2D eigenvalue weighted by molar-refractivity contribution is -0.195. The topological polar surface area (TPSA) is 47.7 Å². The lowest BCUT2D eigenvalue weighted by Gasteiger charge is -2.43. The molecule has 3 aliphatic rings. The molecule has 4 heteroatoms. The number of ether oxygens (including phenoxy) is 2. The van der Waals surface area contributed by atoms with Crippen molar-refractivity contribution < 1.29 is 9.47 Å². The molecule has 4 nitrogen and oxygen atoms in total. The zero-order chi connectivity index (χ0) is 11.7. The van der Waals surface area contributed by atoms with E-state index in [0.29, 0.717) is 12.0 Å². The van der Waals surface area contributed by atoms with Gasteiger partial charge in [-0.1, -0.05) is 6.42 Å². The molecule has 0 amide bonds. The Hall–Kier alpha value is -0.160. The van der Waals surface area contributed by atoms with Crippen LogP contribution in [-0.2, 0) is 9.47 Å². The number of hydrogen-bond acceptors (Lipinski definition) is 4. The van der Waals surface area contributed by atoms with E-state index in [-0.39, 0.29) is 5.79 Å². The van der Waals surface area contributed by atoms with Crippen LogP contribution in [0.5, 0.6) is 0 Å². The molecule has 17 heavy (non-hydrogen) atoms. The zero-order valence-corrected chi connectivity index (χ0v) is 10.6. The lowest BCUT2D eigenvalue weighted by Crippen LogP contribution is -2.53. The van der Waals surface area contributed by atoms with Gasteiger partial charge in [0.25, 0.3) is 0 Å². The Labute approximate surface area is 103 Å². The van der Waals surface area contributed by atoms with E-state index in [1.165, 1.54) is 32.2 Å². The maximum absolute atomic E-state index is 5.89. The average Bonchev–Trinajstić information content (AvgIpc) is 2.98. The van der Waals surface area contributed by atoms with Crippen molar-refractivity contribution in [3.8, 4) is 0 Å². The van der Waals surface area contributed by atoms with Crippen LogP contribution in [0, 0.1) is 5.92 Å². The van der Waals surface area contributed by atoms with Gasteiger partial charge in [0.05, 0.1) is 19.8 Å². The zero-order valence-electron chi connectivity index (χ0n) is 10.6. The van der Waals surface area contributed by atoms with Crippen molar-refractivity contribution in [2.45, 2.75) is 43.9 Å². The van der Waals surface area contributed by atoms with Gasteiger partial charge in [-0.05, 0) is 38.3 Å². The quantitative estimate of drug-likeness (QED) is 0.781. The highest BCUT2D eigenvalue weighted by Crippen LogP contribution is 2.36. The number of rotatable bonds is 2. The predicted molar refractivity (Wildman–Crippen MR) is 65.6 cm³/mol. The summed E-state index contributed by atoms with van der Waals surface area (Å²) in [6.07, 6.45) is 6.18. The Bertz CT molecular complexity index is 266. The van der Waals surface area contributed by atoms with Crippen molar-refractivity contribution >= 4 is 0 Å². The lowest BCUT2D eigenvalue weighted by atomic mass is 9.97. The fourth-order valence-electron chi connectivity index (χ4n) is 3.81. The van der Waals surface area contributed by atoms with Crippen molar-refractivity contribution in [3.63, 3.8) is 0 Å². The number of nitrogens with two attached hydrogens (primary N) is 1. The molecule has 0 aromatic rings. The Morgan fingerprint density at radius 1 is 1.18 bits per heavy atom. The van der Waals surface area contributed by atoms with Gasteiger partial charge in [0, 0.05) is 12.5 Å². The van der Waals surface area contributed by atoms with Gasteiger partial charge < -0.3 is 15.2 Å². The molecule has 0 aromatic heterocycles. The minimum Gasteiger partial charge on any atom is -0.346 e. The third-order valence-electron chi connectivity index (χ3n) is 4.65. The van der Waals surface area contributed by atoms with E-state index >= 15 is 0 Å². The minimum absolute atomic E-state index is 0.278. The van der Waals surface area contributed by atoms with Crippen LogP contribution in [0.2, 0.25) is 0 Å². The van der Waals surface area contributed by atoms with Gasteiger partial charge in [-0.2, -0.15) is 0 Å². The van der Waals surface area contributed by atoms with Crippen LogP contribution in [0.3, 0.4) is 0 Å². The summed E-state index contributed by atoms with van der Waals surface area (Å²) in [6, 6.07) is 0.671. The van der Waals surface area contributed by atoms with Gasteiger partial charge in [0.2, 0.25) is 0 Å². The molecule has 1 aliphatic carbocycles. The Kier molecular flexibility index (Phi) is 3.39. The molecular formula is C13H24N2O2. The standard InChI is InChI=1S/C13H24N2O2/c14-9-11-3-1-4-12(11)15-6-2-5-13(10-15)16-7-8-17-13/h11-12H,1-10,14H2. The summed E-state index contributed by atoms with van der Waals surface area (Å²) in [5.41, 5.74) is 5.89. The molecule has 2 saturated heterocycles. The normalized spacial score (nSPS) is 37.9. The molecule has 3 fully saturated rings. The largest absolute Gasteiger partial charge is 0.346 e. The fourth-order valence-corrected chi connectivity index (χ4v) is 3.81. The van der Waals surface area contributed by atoms with Crippen molar-refractivity contribution in [1.29, 1.82) is 0 Å². The number of hydrogen-bond donors (Lipinski definition) is 1. The van der Waals surface area contributed by atoms with Crippen LogP contribution in [0.4, 0.5) is 0 Å². The monoisotopic (exact) mass is 240 g/mol. The molecule has 1 saturated carbocycles. The van der Waals surface area contributed by atoms with E-state index in [1.54, 1.807) is 0 Å². The summed E-state index contributed by atoms with van der Waals surface area (Å²) >= 11 is 0. The third-order valence-corrected chi connectivity index (χ3v) is 4.65. The summed E-state index contributed by atoms with van der Waals surface area (Å²) in [7, 11) is 0. The first-order valence-electron chi connectivity index (χ1n) is 7.05. The molecule has 2 heterocycles. The van der Waals surface area contributed by atoms with E-state index in [9.17, 15) is 0 Å². The number of nitrogens with zero attached hydrogens (tertiary/aromatic N) is 1. The molecule has 2 unspecified atom stereocenters. The highest BCUT2D eigenvalue weighted by molar-refractivity contribution is 4.92. The second-order valence-electron chi connectivity index (χ2n) is 5.68. The van der Waals surface area contributed by atoms with Crippen LogP contribution < -0.4 is 5.73 Å². The van der Waals surface area contributed by atoms with Crippen LogP contribution in [0.15, 0.2) is 0 Å². The maximum Gasteiger partial charge on any atom is 0.181 e. The molecule has 0 radical (unpaired) electrons. The van der Waals surface area contributed by atoms with Crippen molar-refractivity contribution in [1.82, 2.24) is 4.90 Å². The molecule has 98 valence electrons. The van der Waals surface area contributed by atoms with Crippen molar-refractivity contribution in [3.05, 3.63) is 0 Å². The first-order valence-corrected chi connectivity index (χ1v) is 7.05. The second kappa shape index (κ2) is 4.84. The van der Waals surface area contributed by atoms with Gasteiger partial charge in [-0.25, -0.2) is 0 Å². The Morgan fingerprint density at radius 3 is 2.76 bits per heavy atom. The Balaban J connectivity index is 1.67. The van der Waals surface area contributed by atoms with Crippen molar-refractivity contribution in [2.75, 3.05) is 32.8 Å². The molecule has 1 spiro atoms. The van der Waals surface area contributed by atoms with E-state index < -0.39 is 0 Å². The Morgan fingerprint density at radius 2 is 2.00 bits per heavy atom. The van der Waals surface area contributed by atoms with E-state index in [1.807, 2.05) is 0 Å². The van der Waals surface area contributed by atoms with E-state index in [4.69, 9.17) is 15.2 Å². The van der Waals surface area contributed by atoms with Crippen LogP contribution in [0.1, 0.15) is 32.1 Å². The van der Waals surface area contributed by atoms with Gasteiger partial charge >= 0.3 is 0 Å². The maximum atomic E-state index is 5.89. The highest BCUT2D eigenvalue weighted by atomic mass is 16.7. The smallest absolute Gasteiger partial charge is 0.181 e. The highest BCUT2D eigenvalue weighted by Gasteiger charge is 2.44. The fraction of sp³-hybridized carbons (Fsp3) is 1.00. The summed E-state index contributed by atoms with van der Waals surface area (Å²) in [4.78, 5) is 2.58. The van der Waals surface area contributed by atoms with Gasteiger partial charge in [0.15, 0.2) is 5.79 Å².